The quantitative estimate of drug-likeness (QED) is 0.914. The van der Waals surface area contributed by atoms with Gasteiger partial charge in [-0.25, -0.2) is 4.79 Å². The zero-order chi connectivity index (χ0) is 17.5. The second kappa shape index (κ2) is 5.57. The van der Waals surface area contributed by atoms with Gasteiger partial charge >= 0.3 is 17.8 Å². The lowest BCUT2D eigenvalue weighted by Gasteiger charge is -2.29. The van der Waals surface area contributed by atoms with Crippen molar-refractivity contribution in [3.8, 4) is 0 Å². The van der Waals surface area contributed by atoms with Crippen LogP contribution in [-0.2, 0) is 11.2 Å². The van der Waals surface area contributed by atoms with Crippen LogP contribution in [-0.4, -0.2) is 46.3 Å². The molecule has 9 heteroatoms. The number of hydrogen-bond donors (Lipinski definition) is 1. The van der Waals surface area contributed by atoms with E-state index >= 15 is 0 Å². The first-order chi connectivity index (χ1) is 11.3. The van der Waals surface area contributed by atoms with Crippen molar-refractivity contribution in [1.82, 2.24) is 4.90 Å². The fourth-order valence-electron chi connectivity index (χ4n) is 3.12. The van der Waals surface area contributed by atoms with Gasteiger partial charge in [-0.05, 0) is 24.5 Å². The highest BCUT2D eigenvalue weighted by atomic mass is 19.4. The molecule has 24 heavy (non-hydrogen) atoms. The molecule has 1 N–H and O–H groups in total. The molecule has 0 radical (unpaired) electrons. The minimum Gasteiger partial charge on any atom is -0.478 e. The lowest BCUT2D eigenvalue weighted by atomic mass is 10.00. The van der Waals surface area contributed by atoms with Crippen molar-refractivity contribution in [1.29, 1.82) is 0 Å². The maximum atomic E-state index is 13.2. The first kappa shape index (κ1) is 16.4. The van der Waals surface area contributed by atoms with Gasteiger partial charge in [0.15, 0.2) is 0 Å². The molecule has 1 unspecified atom stereocenters. The average Bonchev–Trinajstić information content (AvgIpc) is 3.18. The lowest BCUT2D eigenvalue weighted by molar-refractivity contribution is -0.179. The number of hydrogen-bond acceptors (Lipinski definition) is 4. The predicted octanol–water partition coefficient (Wildman–Crippen LogP) is 2.64. The van der Waals surface area contributed by atoms with E-state index in [9.17, 15) is 22.8 Å². The molecule has 0 saturated carbocycles. The molecule has 0 bridgehead atoms. The number of nitrogens with zero attached hydrogens (tertiary/aromatic N) is 3. The van der Waals surface area contributed by atoms with Gasteiger partial charge in [-0.15, -0.1) is 10.2 Å². The van der Waals surface area contributed by atoms with Gasteiger partial charge in [-0.2, -0.15) is 13.2 Å². The largest absolute Gasteiger partial charge is 0.478 e. The molecule has 1 amide bonds. The Morgan fingerprint density at radius 3 is 2.54 bits per heavy atom. The Kier molecular flexibility index (Phi) is 3.81. The van der Waals surface area contributed by atoms with Gasteiger partial charge in [0.2, 0.25) is 5.91 Å². The van der Waals surface area contributed by atoms with Gasteiger partial charge in [-0.1, -0.05) is 18.2 Å². The fraction of sp³-hybridized carbons (Fsp3) is 0.467. The number of benzene rings is 1. The van der Waals surface area contributed by atoms with Gasteiger partial charge in [0.05, 0.1) is 18.0 Å². The summed E-state index contributed by atoms with van der Waals surface area (Å²) in [7, 11) is 0. The Hall–Kier alpha value is -2.45. The van der Waals surface area contributed by atoms with Crippen LogP contribution in [0.15, 0.2) is 34.5 Å². The molecular formula is C15H14F3N3O3. The van der Waals surface area contributed by atoms with Crippen molar-refractivity contribution in [2.24, 2.45) is 10.2 Å². The molecule has 2 aliphatic rings. The topological polar surface area (TPSA) is 82.3 Å². The number of likely N-dealkylation sites (tertiary alicyclic amines) is 1. The summed E-state index contributed by atoms with van der Waals surface area (Å²) in [6, 6.07) is 4.80. The average molecular weight is 341 g/mol. The smallest absolute Gasteiger partial charge is 0.439 e. The first-order valence-corrected chi connectivity index (χ1v) is 7.38. The summed E-state index contributed by atoms with van der Waals surface area (Å²) in [5.74, 6) is -1.73. The van der Waals surface area contributed by atoms with Crippen LogP contribution in [0, 0.1) is 0 Å². The summed E-state index contributed by atoms with van der Waals surface area (Å²) in [6.45, 7) is 0.182. The number of halogens is 3. The zero-order valence-electron chi connectivity index (χ0n) is 12.5. The molecule has 3 rings (SSSR count). The van der Waals surface area contributed by atoms with Crippen molar-refractivity contribution in [3.63, 3.8) is 0 Å². The van der Waals surface area contributed by atoms with E-state index in [1.807, 2.05) is 0 Å². The molecule has 128 valence electrons. The Morgan fingerprint density at radius 1 is 1.29 bits per heavy atom. The van der Waals surface area contributed by atoms with E-state index in [2.05, 4.69) is 10.2 Å². The normalized spacial score (nSPS) is 21.8. The van der Waals surface area contributed by atoms with Gasteiger partial charge in [0.25, 0.3) is 0 Å². The molecule has 1 aromatic rings. The molecule has 2 heterocycles. The number of carboxylic acid groups (broad SMARTS) is 1. The van der Waals surface area contributed by atoms with E-state index in [1.165, 1.54) is 18.2 Å². The second-order valence-corrected chi connectivity index (χ2v) is 5.81. The molecule has 0 aliphatic carbocycles. The molecule has 1 fully saturated rings. The number of carboxylic acids is 1. The highest BCUT2D eigenvalue weighted by Crippen LogP contribution is 2.51. The summed E-state index contributed by atoms with van der Waals surface area (Å²) >= 11 is 0. The zero-order valence-corrected chi connectivity index (χ0v) is 12.5. The molecule has 0 aromatic heterocycles. The Bertz CT molecular complexity index is 711. The van der Waals surface area contributed by atoms with E-state index < -0.39 is 29.8 Å². The summed E-state index contributed by atoms with van der Waals surface area (Å²) in [4.78, 5) is 24.8. The van der Waals surface area contributed by atoms with Gasteiger partial charge in [0.1, 0.15) is 0 Å². The second-order valence-electron chi connectivity index (χ2n) is 5.81. The Labute approximate surface area is 135 Å². The molecule has 6 nitrogen and oxygen atoms in total. The van der Waals surface area contributed by atoms with Crippen LogP contribution >= 0.6 is 0 Å². The number of aromatic carboxylic acids is 1. The molecule has 1 atom stereocenters. The Balaban J connectivity index is 1.80. The highest BCUT2D eigenvalue weighted by Gasteiger charge is 2.70. The minimum absolute atomic E-state index is 0.0343. The van der Waals surface area contributed by atoms with Crippen molar-refractivity contribution in [3.05, 3.63) is 35.4 Å². The summed E-state index contributed by atoms with van der Waals surface area (Å²) in [6.07, 6.45) is -4.31. The van der Waals surface area contributed by atoms with E-state index in [0.29, 0.717) is 6.42 Å². The number of amides is 1. The third-order valence-electron chi connectivity index (χ3n) is 4.36. The molecule has 2 aliphatic heterocycles. The third-order valence-corrected chi connectivity index (χ3v) is 4.36. The van der Waals surface area contributed by atoms with Crippen LogP contribution in [0.25, 0.3) is 0 Å². The van der Waals surface area contributed by atoms with Crippen LogP contribution in [0.3, 0.4) is 0 Å². The number of carbonyl (C=O) groups excluding carboxylic acids is 1. The van der Waals surface area contributed by atoms with Crippen molar-refractivity contribution in [2.45, 2.75) is 37.1 Å². The van der Waals surface area contributed by atoms with E-state index in [-0.39, 0.29) is 30.5 Å². The molecule has 0 spiro atoms. The van der Waals surface area contributed by atoms with Crippen LogP contribution in [0.1, 0.15) is 28.8 Å². The summed E-state index contributed by atoms with van der Waals surface area (Å²) in [5.41, 5.74) is -2.27. The van der Waals surface area contributed by atoms with Crippen molar-refractivity contribution >= 4 is 11.9 Å². The fourth-order valence-corrected chi connectivity index (χ4v) is 3.12. The minimum atomic E-state index is -4.64. The number of carbonyl (C=O) groups is 2. The van der Waals surface area contributed by atoms with Crippen LogP contribution in [0.2, 0.25) is 0 Å². The molecular weight excluding hydrogens is 327 g/mol. The predicted molar refractivity (Wildman–Crippen MR) is 75.5 cm³/mol. The van der Waals surface area contributed by atoms with E-state index in [4.69, 9.17) is 5.11 Å². The number of alkyl halides is 3. The Morgan fingerprint density at radius 2 is 1.96 bits per heavy atom. The SMILES string of the molecule is O=C(O)c1ccccc1CC(=O)N1CCCC1C1(C(F)(F)F)N=N1. The maximum absolute atomic E-state index is 13.2. The van der Waals surface area contributed by atoms with Gasteiger partial charge in [0, 0.05) is 6.54 Å². The van der Waals surface area contributed by atoms with Crippen molar-refractivity contribution in [2.75, 3.05) is 6.54 Å². The standard InChI is InChI=1S/C15H14F3N3O3/c16-15(17,18)14(19-20-14)11-6-3-7-21(11)12(22)8-9-4-1-2-5-10(9)13(23)24/h1-2,4-5,11H,3,6-8H2,(H,23,24). The molecule has 1 saturated heterocycles. The maximum Gasteiger partial charge on any atom is 0.439 e. The monoisotopic (exact) mass is 341 g/mol. The van der Waals surface area contributed by atoms with E-state index in [0.717, 1.165) is 4.90 Å². The van der Waals surface area contributed by atoms with Crippen LogP contribution < -0.4 is 0 Å². The van der Waals surface area contributed by atoms with Gasteiger partial charge < -0.3 is 10.0 Å². The van der Waals surface area contributed by atoms with Gasteiger partial charge in [-0.3, -0.25) is 4.79 Å². The van der Waals surface area contributed by atoms with E-state index in [1.54, 1.807) is 6.07 Å². The first-order valence-electron chi connectivity index (χ1n) is 7.38. The third kappa shape index (κ3) is 2.63. The highest BCUT2D eigenvalue weighted by molar-refractivity contribution is 5.91. The summed E-state index contributed by atoms with van der Waals surface area (Å²) in [5, 5.41) is 15.5. The van der Waals surface area contributed by atoms with Crippen molar-refractivity contribution < 1.29 is 27.9 Å². The molecule has 1 aromatic carbocycles. The lowest BCUT2D eigenvalue weighted by Crippen LogP contribution is -2.52. The van der Waals surface area contributed by atoms with Crippen LogP contribution in [0.5, 0.6) is 0 Å². The van der Waals surface area contributed by atoms with Crippen LogP contribution in [0.4, 0.5) is 13.2 Å². The summed E-state index contributed by atoms with van der Waals surface area (Å²) < 4.78 is 39.5. The number of rotatable bonds is 4.